The van der Waals surface area contributed by atoms with E-state index in [4.69, 9.17) is 0 Å². The minimum atomic E-state index is -0.641. The van der Waals surface area contributed by atoms with Crippen LogP contribution < -0.4 is 5.32 Å². The first-order valence-electron chi connectivity index (χ1n) is 9.78. The third-order valence-corrected chi connectivity index (χ3v) is 4.77. The Bertz CT molecular complexity index is 789. The van der Waals surface area contributed by atoms with Crippen molar-refractivity contribution < 1.29 is 14.0 Å². The van der Waals surface area contributed by atoms with Gasteiger partial charge in [0.15, 0.2) is 0 Å². The highest BCUT2D eigenvalue weighted by Gasteiger charge is 2.26. The second-order valence-electron chi connectivity index (χ2n) is 7.10. The Hall–Kier alpha value is -2.69. The molecule has 0 bridgehead atoms. The van der Waals surface area contributed by atoms with Gasteiger partial charge in [-0.25, -0.2) is 4.39 Å². The van der Waals surface area contributed by atoms with Crippen LogP contribution in [0, 0.1) is 12.7 Å². The summed E-state index contributed by atoms with van der Waals surface area (Å²) < 4.78 is 14.0. The highest BCUT2D eigenvalue weighted by atomic mass is 19.1. The summed E-state index contributed by atoms with van der Waals surface area (Å²) in [7, 11) is 0. The van der Waals surface area contributed by atoms with Crippen molar-refractivity contribution in [2.45, 2.75) is 52.6 Å². The van der Waals surface area contributed by atoms with Gasteiger partial charge < -0.3 is 10.2 Å². The first kappa shape index (κ1) is 21.6. The summed E-state index contributed by atoms with van der Waals surface area (Å²) >= 11 is 0. The summed E-state index contributed by atoms with van der Waals surface area (Å²) in [6.07, 6.45) is 1.79. The molecule has 2 rings (SSSR count). The van der Waals surface area contributed by atoms with Gasteiger partial charge in [0.05, 0.1) is 6.42 Å². The van der Waals surface area contributed by atoms with Crippen molar-refractivity contribution in [2.75, 3.05) is 6.54 Å². The molecule has 0 spiro atoms. The van der Waals surface area contributed by atoms with E-state index in [1.54, 1.807) is 25.1 Å². The van der Waals surface area contributed by atoms with Gasteiger partial charge in [-0.15, -0.1) is 0 Å². The SMILES string of the molecule is CCCCNC(=O)[C@@H](C)N(Cc1ccc(C)cc1)C(=O)Cc1ccccc1F. The molecule has 2 aromatic carbocycles. The van der Waals surface area contributed by atoms with Crippen LogP contribution in [-0.4, -0.2) is 29.3 Å². The lowest BCUT2D eigenvalue weighted by atomic mass is 10.1. The number of amides is 2. The number of carbonyl (C=O) groups excluding carboxylic acids is 2. The number of halogens is 1. The lowest BCUT2D eigenvalue weighted by molar-refractivity contribution is -0.140. The Kier molecular flexibility index (Phi) is 8.18. The van der Waals surface area contributed by atoms with E-state index in [0.29, 0.717) is 18.7 Å². The molecule has 0 unspecified atom stereocenters. The van der Waals surface area contributed by atoms with Crippen LogP contribution in [0.1, 0.15) is 43.4 Å². The zero-order chi connectivity index (χ0) is 20.5. The second-order valence-corrected chi connectivity index (χ2v) is 7.10. The van der Waals surface area contributed by atoms with E-state index < -0.39 is 11.9 Å². The molecule has 0 radical (unpaired) electrons. The van der Waals surface area contributed by atoms with E-state index in [-0.39, 0.29) is 18.2 Å². The fourth-order valence-electron chi connectivity index (χ4n) is 2.92. The minimum absolute atomic E-state index is 0.0783. The molecule has 1 atom stereocenters. The number of nitrogens with zero attached hydrogens (tertiary/aromatic N) is 1. The lowest BCUT2D eigenvalue weighted by Crippen LogP contribution is -2.48. The predicted octanol–water partition coefficient (Wildman–Crippen LogP) is 4.01. The maximum absolute atomic E-state index is 14.0. The van der Waals surface area contributed by atoms with Gasteiger partial charge in [-0.2, -0.15) is 0 Å². The van der Waals surface area contributed by atoms with Gasteiger partial charge in [0.2, 0.25) is 11.8 Å². The average Bonchev–Trinajstić information content (AvgIpc) is 2.68. The van der Waals surface area contributed by atoms with Crippen molar-refractivity contribution in [1.29, 1.82) is 0 Å². The maximum atomic E-state index is 14.0. The van der Waals surface area contributed by atoms with Crippen LogP contribution in [0.4, 0.5) is 4.39 Å². The van der Waals surface area contributed by atoms with E-state index in [0.717, 1.165) is 24.0 Å². The monoisotopic (exact) mass is 384 g/mol. The summed E-state index contributed by atoms with van der Waals surface area (Å²) in [6, 6.07) is 13.4. The van der Waals surface area contributed by atoms with E-state index >= 15 is 0 Å². The van der Waals surface area contributed by atoms with Gasteiger partial charge in [0.25, 0.3) is 0 Å². The molecule has 0 aliphatic rings. The topological polar surface area (TPSA) is 49.4 Å². The predicted molar refractivity (Wildman–Crippen MR) is 109 cm³/mol. The molecule has 0 aliphatic carbocycles. The van der Waals surface area contributed by atoms with E-state index in [9.17, 15) is 14.0 Å². The summed E-state index contributed by atoms with van der Waals surface area (Å²) in [4.78, 5) is 27.1. The summed E-state index contributed by atoms with van der Waals surface area (Å²) in [6.45, 7) is 6.65. The molecular weight excluding hydrogens is 355 g/mol. The Balaban J connectivity index is 2.18. The molecule has 1 N–H and O–H groups in total. The molecule has 0 saturated carbocycles. The minimum Gasteiger partial charge on any atom is -0.354 e. The zero-order valence-corrected chi connectivity index (χ0v) is 16.9. The number of carbonyl (C=O) groups is 2. The molecular formula is C23H29FN2O2. The van der Waals surface area contributed by atoms with E-state index in [2.05, 4.69) is 12.2 Å². The Labute approximate surface area is 166 Å². The first-order valence-corrected chi connectivity index (χ1v) is 9.78. The molecule has 0 heterocycles. The molecule has 4 nitrogen and oxygen atoms in total. The lowest BCUT2D eigenvalue weighted by Gasteiger charge is -2.29. The van der Waals surface area contributed by atoms with Crippen LogP contribution in [0.5, 0.6) is 0 Å². The normalized spacial score (nSPS) is 11.7. The summed E-state index contributed by atoms with van der Waals surface area (Å²) in [5.41, 5.74) is 2.39. The van der Waals surface area contributed by atoms with Crippen molar-refractivity contribution in [3.05, 3.63) is 71.0 Å². The largest absolute Gasteiger partial charge is 0.354 e. The number of nitrogens with one attached hydrogen (secondary N) is 1. The fraction of sp³-hybridized carbons (Fsp3) is 0.391. The van der Waals surface area contributed by atoms with Crippen LogP contribution in [0.2, 0.25) is 0 Å². The van der Waals surface area contributed by atoms with Crippen molar-refractivity contribution in [2.24, 2.45) is 0 Å². The van der Waals surface area contributed by atoms with Gasteiger partial charge in [-0.1, -0.05) is 61.4 Å². The van der Waals surface area contributed by atoms with Gasteiger partial charge in [0, 0.05) is 13.1 Å². The molecule has 0 saturated heterocycles. The summed E-state index contributed by atoms with van der Waals surface area (Å²) in [5.74, 6) is -0.877. The second kappa shape index (κ2) is 10.6. The highest BCUT2D eigenvalue weighted by Crippen LogP contribution is 2.15. The molecule has 2 aromatic rings. The molecule has 2 amide bonds. The van der Waals surface area contributed by atoms with Crippen molar-refractivity contribution in [1.82, 2.24) is 10.2 Å². The fourth-order valence-corrected chi connectivity index (χ4v) is 2.92. The van der Waals surface area contributed by atoms with Gasteiger partial charge in [-0.3, -0.25) is 9.59 Å². The van der Waals surface area contributed by atoms with Crippen LogP contribution in [-0.2, 0) is 22.6 Å². The summed E-state index contributed by atoms with van der Waals surface area (Å²) in [5, 5.41) is 2.88. The molecule has 150 valence electrons. The number of hydrogen-bond acceptors (Lipinski definition) is 2. The van der Waals surface area contributed by atoms with Crippen LogP contribution in [0.25, 0.3) is 0 Å². The van der Waals surface area contributed by atoms with Gasteiger partial charge in [-0.05, 0) is 37.5 Å². The first-order chi connectivity index (χ1) is 13.4. The standard InChI is InChI=1S/C23H29FN2O2/c1-4-5-14-25-23(28)18(3)26(16-19-12-10-17(2)11-13-19)22(27)15-20-8-6-7-9-21(20)24/h6-13,18H,4-5,14-16H2,1-3H3,(H,25,28)/t18-/m1/s1. The third-order valence-electron chi connectivity index (χ3n) is 4.77. The Morgan fingerprint density at radius 3 is 2.43 bits per heavy atom. The van der Waals surface area contributed by atoms with Crippen LogP contribution in [0.3, 0.4) is 0 Å². The number of hydrogen-bond donors (Lipinski definition) is 1. The third kappa shape index (κ3) is 6.19. The number of benzene rings is 2. The maximum Gasteiger partial charge on any atom is 0.242 e. The van der Waals surface area contributed by atoms with Gasteiger partial charge >= 0.3 is 0 Å². The van der Waals surface area contributed by atoms with Crippen molar-refractivity contribution >= 4 is 11.8 Å². The van der Waals surface area contributed by atoms with Crippen LogP contribution >= 0.6 is 0 Å². The van der Waals surface area contributed by atoms with Gasteiger partial charge in [0.1, 0.15) is 11.9 Å². The highest BCUT2D eigenvalue weighted by molar-refractivity contribution is 5.88. The Morgan fingerprint density at radius 1 is 1.11 bits per heavy atom. The quantitative estimate of drug-likeness (QED) is 0.664. The zero-order valence-electron chi connectivity index (χ0n) is 16.9. The molecule has 0 fully saturated rings. The number of aryl methyl sites for hydroxylation is 1. The van der Waals surface area contributed by atoms with Crippen LogP contribution in [0.15, 0.2) is 48.5 Å². The molecule has 5 heteroatoms. The number of rotatable bonds is 9. The number of unbranched alkanes of at least 4 members (excludes halogenated alkanes) is 1. The molecule has 0 aromatic heterocycles. The average molecular weight is 384 g/mol. The Morgan fingerprint density at radius 2 is 1.79 bits per heavy atom. The molecule has 28 heavy (non-hydrogen) atoms. The van der Waals surface area contributed by atoms with E-state index in [1.807, 2.05) is 31.2 Å². The van der Waals surface area contributed by atoms with Crippen molar-refractivity contribution in [3.8, 4) is 0 Å². The van der Waals surface area contributed by atoms with Crippen molar-refractivity contribution in [3.63, 3.8) is 0 Å². The smallest absolute Gasteiger partial charge is 0.242 e. The molecule has 0 aliphatic heterocycles. The van der Waals surface area contributed by atoms with E-state index in [1.165, 1.54) is 11.0 Å².